The molecule has 0 saturated carbocycles. The minimum atomic E-state index is -0.727. The van der Waals surface area contributed by atoms with Crippen molar-refractivity contribution >= 4 is 17.3 Å². The minimum Gasteiger partial charge on any atom is -0.493 e. The highest BCUT2D eigenvalue weighted by atomic mass is 32.1. The van der Waals surface area contributed by atoms with Gasteiger partial charge in [-0.1, -0.05) is 20.8 Å². The number of ether oxygens (including phenoxy) is 1. The number of rotatable bonds is 6. The quantitative estimate of drug-likeness (QED) is 0.719. The first-order valence-electron chi connectivity index (χ1n) is 10.00. The van der Waals surface area contributed by atoms with Crippen LogP contribution in [0.3, 0.4) is 0 Å². The Balaban J connectivity index is 1.79. The van der Waals surface area contributed by atoms with Crippen LogP contribution in [-0.2, 0) is 11.3 Å². The molecular formula is C22H29FN2O3S. The summed E-state index contributed by atoms with van der Waals surface area (Å²) in [4.78, 5) is 19.4. The molecule has 2 aromatic rings. The van der Waals surface area contributed by atoms with Gasteiger partial charge in [-0.15, -0.1) is 11.3 Å². The molecule has 1 saturated heterocycles. The average Bonchev–Trinajstić information content (AvgIpc) is 3.10. The van der Waals surface area contributed by atoms with Gasteiger partial charge in [0.05, 0.1) is 18.1 Å². The van der Waals surface area contributed by atoms with Gasteiger partial charge in [0.15, 0.2) is 0 Å². The number of halogens is 1. The van der Waals surface area contributed by atoms with Crippen LogP contribution in [0.4, 0.5) is 4.39 Å². The standard InChI is InChI=1S/C22H29FN2O3S/c1-5-28-19-7-6-16(23)9-18(19)20-24-10-17(29-20)13-25-11-14(21(26)27)8-15(12-25)22(2,3)4/h6-7,9-10,14-15H,5,8,11-13H2,1-4H3,(H,26,27)/t14-,15-/m1/s1. The van der Waals surface area contributed by atoms with Crippen molar-refractivity contribution < 1.29 is 19.0 Å². The molecule has 29 heavy (non-hydrogen) atoms. The molecule has 1 fully saturated rings. The van der Waals surface area contributed by atoms with E-state index in [1.54, 1.807) is 12.3 Å². The normalized spacial score (nSPS) is 20.6. The summed E-state index contributed by atoms with van der Waals surface area (Å²) in [6, 6.07) is 4.46. The molecule has 1 aromatic carbocycles. The third kappa shape index (κ3) is 5.34. The molecule has 3 rings (SSSR count). The molecule has 2 atom stereocenters. The van der Waals surface area contributed by atoms with Crippen LogP contribution in [0.2, 0.25) is 0 Å². The lowest BCUT2D eigenvalue weighted by Crippen LogP contribution is -2.46. The summed E-state index contributed by atoms with van der Waals surface area (Å²) < 4.78 is 19.4. The van der Waals surface area contributed by atoms with Crippen molar-refractivity contribution in [2.45, 2.75) is 40.7 Å². The first-order valence-corrected chi connectivity index (χ1v) is 10.8. The highest BCUT2D eigenvalue weighted by molar-refractivity contribution is 7.15. The van der Waals surface area contributed by atoms with E-state index in [0.29, 0.717) is 48.4 Å². The maximum Gasteiger partial charge on any atom is 0.307 e. The molecule has 0 radical (unpaired) electrons. The van der Waals surface area contributed by atoms with Gasteiger partial charge in [0.25, 0.3) is 0 Å². The van der Waals surface area contributed by atoms with Crippen LogP contribution >= 0.6 is 11.3 Å². The predicted octanol–water partition coefficient (Wildman–Crippen LogP) is 4.92. The van der Waals surface area contributed by atoms with Crippen LogP contribution in [-0.4, -0.2) is 40.7 Å². The first-order chi connectivity index (χ1) is 13.7. The molecule has 0 aliphatic carbocycles. The lowest BCUT2D eigenvalue weighted by Gasteiger charge is -2.42. The van der Waals surface area contributed by atoms with E-state index in [-0.39, 0.29) is 17.2 Å². The fourth-order valence-electron chi connectivity index (χ4n) is 3.80. The number of benzene rings is 1. The molecule has 1 aliphatic rings. The smallest absolute Gasteiger partial charge is 0.307 e. The maximum atomic E-state index is 13.8. The van der Waals surface area contributed by atoms with Crippen LogP contribution in [0, 0.1) is 23.1 Å². The molecule has 158 valence electrons. The Labute approximate surface area is 175 Å². The van der Waals surface area contributed by atoms with Crippen LogP contribution in [0.25, 0.3) is 10.6 Å². The van der Waals surface area contributed by atoms with Crippen molar-refractivity contribution in [3.8, 4) is 16.3 Å². The molecule has 0 amide bonds. The summed E-state index contributed by atoms with van der Waals surface area (Å²) >= 11 is 1.50. The summed E-state index contributed by atoms with van der Waals surface area (Å²) in [5, 5.41) is 10.3. The Hall–Kier alpha value is -1.99. The van der Waals surface area contributed by atoms with Gasteiger partial charge in [-0.2, -0.15) is 0 Å². The number of aromatic nitrogens is 1. The van der Waals surface area contributed by atoms with Crippen molar-refractivity contribution in [2.75, 3.05) is 19.7 Å². The second-order valence-corrected chi connectivity index (χ2v) is 9.85. The molecular weight excluding hydrogens is 391 g/mol. The molecule has 1 aliphatic heterocycles. The van der Waals surface area contributed by atoms with E-state index < -0.39 is 5.97 Å². The van der Waals surface area contributed by atoms with Gasteiger partial charge in [0.2, 0.25) is 0 Å². The summed E-state index contributed by atoms with van der Waals surface area (Å²) in [6.45, 7) is 11.0. The Kier molecular flexibility index (Phi) is 6.58. The van der Waals surface area contributed by atoms with Crippen molar-refractivity contribution in [2.24, 2.45) is 17.3 Å². The van der Waals surface area contributed by atoms with Gasteiger partial charge >= 0.3 is 5.97 Å². The number of likely N-dealkylation sites (tertiary alicyclic amines) is 1. The van der Waals surface area contributed by atoms with E-state index in [1.165, 1.54) is 23.5 Å². The molecule has 7 heteroatoms. The van der Waals surface area contributed by atoms with Gasteiger partial charge in [0, 0.05) is 30.7 Å². The highest BCUT2D eigenvalue weighted by Crippen LogP contribution is 2.38. The van der Waals surface area contributed by atoms with Gasteiger partial charge in [-0.05, 0) is 42.9 Å². The zero-order valence-corrected chi connectivity index (χ0v) is 18.3. The second-order valence-electron chi connectivity index (χ2n) is 8.73. The summed E-state index contributed by atoms with van der Waals surface area (Å²) in [7, 11) is 0. The van der Waals surface area contributed by atoms with Gasteiger partial charge in [-0.25, -0.2) is 9.37 Å². The number of thiazole rings is 1. The lowest BCUT2D eigenvalue weighted by atomic mass is 9.73. The van der Waals surface area contributed by atoms with Crippen molar-refractivity contribution in [1.82, 2.24) is 9.88 Å². The number of nitrogens with zero attached hydrogens (tertiary/aromatic N) is 2. The van der Waals surface area contributed by atoms with E-state index in [9.17, 15) is 14.3 Å². The molecule has 0 spiro atoms. The van der Waals surface area contributed by atoms with E-state index >= 15 is 0 Å². The van der Waals surface area contributed by atoms with Crippen molar-refractivity contribution in [3.05, 3.63) is 35.1 Å². The topological polar surface area (TPSA) is 62.7 Å². The molecule has 0 unspecified atom stereocenters. The van der Waals surface area contributed by atoms with Crippen LogP contribution in [0.15, 0.2) is 24.4 Å². The summed E-state index contributed by atoms with van der Waals surface area (Å²) in [5.41, 5.74) is 0.705. The van der Waals surface area contributed by atoms with Gasteiger partial charge in [-0.3, -0.25) is 9.69 Å². The zero-order chi connectivity index (χ0) is 21.2. The number of hydrogen-bond acceptors (Lipinski definition) is 5. The second kappa shape index (κ2) is 8.79. The Morgan fingerprint density at radius 3 is 2.79 bits per heavy atom. The van der Waals surface area contributed by atoms with Crippen LogP contribution in [0.1, 0.15) is 39.0 Å². The molecule has 5 nitrogen and oxygen atoms in total. The molecule has 0 bridgehead atoms. The number of carboxylic acids is 1. The van der Waals surface area contributed by atoms with Gasteiger partial charge in [0.1, 0.15) is 16.6 Å². The first kappa shape index (κ1) is 21.7. The van der Waals surface area contributed by atoms with Crippen molar-refractivity contribution in [1.29, 1.82) is 0 Å². The largest absolute Gasteiger partial charge is 0.493 e. The van der Waals surface area contributed by atoms with Crippen LogP contribution < -0.4 is 4.74 Å². The number of carboxylic acid groups (broad SMARTS) is 1. The van der Waals surface area contributed by atoms with E-state index in [1.807, 2.05) is 6.92 Å². The number of aliphatic carboxylic acids is 1. The third-order valence-corrected chi connectivity index (χ3v) is 6.52. The maximum absolute atomic E-state index is 13.8. The Morgan fingerprint density at radius 2 is 2.14 bits per heavy atom. The van der Waals surface area contributed by atoms with E-state index in [0.717, 1.165) is 11.4 Å². The fraction of sp³-hybridized carbons (Fsp3) is 0.545. The summed E-state index contributed by atoms with van der Waals surface area (Å²) in [6.07, 6.45) is 2.52. The Bertz CT molecular complexity index is 862. The predicted molar refractivity (Wildman–Crippen MR) is 113 cm³/mol. The average molecular weight is 421 g/mol. The molecule has 1 N–H and O–H groups in total. The number of piperidine rings is 1. The van der Waals surface area contributed by atoms with E-state index in [2.05, 4.69) is 30.7 Å². The number of hydrogen-bond donors (Lipinski definition) is 1. The van der Waals surface area contributed by atoms with Gasteiger partial charge < -0.3 is 9.84 Å². The SMILES string of the molecule is CCOc1ccc(F)cc1-c1ncc(CN2C[C@H](C(=O)O)C[C@@H](C(C)(C)C)C2)s1. The molecule has 1 aromatic heterocycles. The highest BCUT2D eigenvalue weighted by Gasteiger charge is 2.37. The zero-order valence-electron chi connectivity index (χ0n) is 17.4. The third-order valence-electron chi connectivity index (χ3n) is 5.51. The van der Waals surface area contributed by atoms with Crippen LogP contribution in [0.5, 0.6) is 5.75 Å². The Morgan fingerprint density at radius 1 is 1.38 bits per heavy atom. The minimum absolute atomic E-state index is 0.0548. The molecule has 2 heterocycles. The van der Waals surface area contributed by atoms with Crippen molar-refractivity contribution in [3.63, 3.8) is 0 Å². The van der Waals surface area contributed by atoms with E-state index in [4.69, 9.17) is 4.74 Å². The summed E-state index contributed by atoms with van der Waals surface area (Å²) in [5.74, 6) is -0.471. The fourth-order valence-corrected chi connectivity index (χ4v) is 4.78. The monoisotopic (exact) mass is 420 g/mol. The number of carbonyl (C=O) groups is 1. The lowest BCUT2D eigenvalue weighted by molar-refractivity contribution is -0.145.